The molecular formula is C12H11N3O4. The summed E-state index contributed by atoms with van der Waals surface area (Å²) >= 11 is 0. The molecule has 19 heavy (non-hydrogen) atoms. The summed E-state index contributed by atoms with van der Waals surface area (Å²) in [6.45, 7) is 0. The molecule has 7 heteroatoms. The molecule has 0 bridgehead atoms. The predicted molar refractivity (Wildman–Crippen MR) is 64.5 cm³/mol. The lowest BCUT2D eigenvalue weighted by atomic mass is 10.0. The Morgan fingerprint density at radius 3 is 2.47 bits per heavy atom. The first-order valence-electron chi connectivity index (χ1n) is 5.34. The summed E-state index contributed by atoms with van der Waals surface area (Å²) in [4.78, 5) is 23.2. The van der Waals surface area contributed by atoms with Crippen LogP contribution in [-0.2, 0) is 9.47 Å². The van der Waals surface area contributed by atoms with E-state index in [-0.39, 0.29) is 0 Å². The van der Waals surface area contributed by atoms with Crippen molar-refractivity contribution in [2.45, 2.75) is 0 Å². The molecule has 7 nitrogen and oxygen atoms in total. The minimum atomic E-state index is -0.519. The van der Waals surface area contributed by atoms with E-state index >= 15 is 0 Å². The summed E-state index contributed by atoms with van der Waals surface area (Å²) in [6, 6.07) is 4.49. The van der Waals surface area contributed by atoms with Crippen LogP contribution in [0.15, 0.2) is 24.4 Å². The van der Waals surface area contributed by atoms with Crippen LogP contribution in [0.2, 0.25) is 0 Å². The smallest absolute Gasteiger partial charge is 0.338 e. The summed E-state index contributed by atoms with van der Waals surface area (Å²) in [6.07, 6.45) is 1.45. The summed E-state index contributed by atoms with van der Waals surface area (Å²) in [5.74, 6) is -1.02. The highest BCUT2D eigenvalue weighted by atomic mass is 16.5. The number of ether oxygens (including phenoxy) is 2. The Morgan fingerprint density at radius 1 is 1.16 bits per heavy atom. The normalized spacial score (nSPS) is 10.0. The van der Waals surface area contributed by atoms with E-state index in [2.05, 4.69) is 24.9 Å². The number of nitrogens with zero attached hydrogens (tertiary/aromatic N) is 2. The monoisotopic (exact) mass is 261 g/mol. The van der Waals surface area contributed by atoms with E-state index in [1.807, 2.05) is 0 Å². The highest BCUT2D eigenvalue weighted by Crippen LogP contribution is 2.23. The van der Waals surface area contributed by atoms with Crippen molar-refractivity contribution in [3.8, 4) is 11.3 Å². The molecule has 0 saturated carbocycles. The quantitative estimate of drug-likeness (QED) is 0.830. The molecule has 98 valence electrons. The number of carbonyl (C=O) groups excluding carboxylic acids is 2. The van der Waals surface area contributed by atoms with Crippen molar-refractivity contribution < 1.29 is 19.1 Å². The van der Waals surface area contributed by atoms with Crippen LogP contribution in [0.4, 0.5) is 0 Å². The van der Waals surface area contributed by atoms with Gasteiger partial charge < -0.3 is 9.47 Å². The van der Waals surface area contributed by atoms with Crippen molar-refractivity contribution in [3.05, 3.63) is 35.5 Å². The Balaban J connectivity index is 2.57. The second-order valence-corrected chi connectivity index (χ2v) is 3.60. The van der Waals surface area contributed by atoms with E-state index in [4.69, 9.17) is 0 Å². The van der Waals surface area contributed by atoms with Crippen molar-refractivity contribution in [3.63, 3.8) is 0 Å². The Bertz CT molecular complexity index is 607. The number of hydrogen-bond acceptors (Lipinski definition) is 6. The van der Waals surface area contributed by atoms with Gasteiger partial charge >= 0.3 is 11.9 Å². The zero-order valence-corrected chi connectivity index (χ0v) is 10.3. The Morgan fingerprint density at radius 2 is 1.89 bits per heavy atom. The molecule has 2 aromatic rings. The van der Waals surface area contributed by atoms with Gasteiger partial charge in [0.2, 0.25) is 0 Å². The zero-order valence-electron chi connectivity index (χ0n) is 10.3. The fourth-order valence-electron chi connectivity index (χ4n) is 1.62. The van der Waals surface area contributed by atoms with E-state index in [0.29, 0.717) is 22.4 Å². The van der Waals surface area contributed by atoms with Crippen LogP contribution in [0.25, 0.3) is 11.3 Å². The number of nitrogens with one attached hydrogen (secondary N) is 1. The Hall–Kier alpha value is -2.70. The molecule has 0 unspecified atom stereocenters. The maximum atomic E-state index is 11.7. The van der Waals surface area contributed by atoms with E-state index in [1.165, 1.54) is 38.6 Å². The summed E-state index contributed by atoms with van der Waals surface area (Å²) in [5.41, 5.74) is 1.49. The molecule has 0 saturated heterocycles. The lowest BCUT2D eigenvalue weighted by Crippen LogP contribution is -2.07. The fraction of sp³-hybridized carbons (Fsp3) is 0.167. The number of benzene rings is 1. The number of carbonyl (C=O) groups is 2. The van der Waals surface area contributed by atoms with Gasteiger partial charge in [0.05, 0.1) is 31.5 Å². The number of esters is 2. The summed E-state index contributed by atoms with van der Waals surface area (Å²) < 4.78 is 9.32. The third-order valence-electron chi connectivity index (χ3n) is 2.54. The van der Waals surface area contributed by atoms with Crippen molar-refractivity contribution >= 4 is 11.9 Å². The highest BCUT2D eigenvalue weighted by molar-refractivity contribution is 5.99. The van der Waals surface area contributed by atoms with Gasteiger partial charge in [-0.25, -0.2) is 9.59 Å². The van der Waals surface area contributed by atoms with Crippen LogP contribution >= 0.6 is 0 Å². The molecule has 0 aliphatic heterocycles. The maximum absolute atomic E-state index is 11.7. The topological polar surface area (TPSA) is 94.2 Å². The third-order valence-corrected chi connectivity index (χ3v) is 2.54. The van der Waals surface area contributed by atoms with Crippen molar-refractivity contribution in [2.75, 3.05) is 14.2 Å². The number of methoxy groups -OCH3 is 2. The van der Waals surface area contributed by atoms with Gasteiger partial charge in [-0.15, -0.1) is 0 Å². The Labute approximate surface area is 108 Å². The van der Waals surface area contributed by atoms with Crippen LogP contribution in [-0.4, -0.2) is 41.6 Å². The van der Waals surface area contributed by atoms with Gasteiger partial charge in [-0.05, 0) is 18.2 Å². The van der Waals surface area contributed by atoms with Crippen LogP contribution in [0.3, 0.4) is 0 Å². The maximum Gasteiger partial charge on any atom is 0.338 e. The first-order chi connectivity index (χ1) is 9.17. The van der Waals surface area contributed by atoms with Crippen molar-refractivity contribution in [1.29, 1.82) is 0 Å². The standard InChI is InChI=1S/C12H11N3O4/c1-18-11(16)7-3-4-8(12(17)19-2)9(5-7)10-6-13-15-14-10/h3-6H,1-2H3,(H,13,14,15). The average molecular weight is 261 g/mol. The van der Waals surface area contributed by atoms with Gasteiger partial charge in [0.15, 0.2) is 0 Å². The molecule has 1 aromatic carbocycles. The predicted octanol–water partition coefficient (Wildman–Crippen LogP) is 1.04. The Kier molecular flexibility index (Phi) is 3.56. The molecule has 1 N–H and O–H groups in total. The van der Waals surface area contributed by atoms with Crippen molar-refractivity contribution in [2.24, 2.45) is 0 Å². The van der Waals surface area contributed by atoms with Gasteiger partial charge in [-0.3, -0.25) is 0 Å². The average Bonchev–Trinajstić information content (AvgIpc) is 2.99. The van der Waals surface area contributed by atoms with E-state index < -0.39 is 11.9 Å². The lowest BCUT2D eigenvalue weighted by Gasteiger charge is -2.07. The largest absolute Gasteiger partial charge is 0.465 e. The number of hydrogen-bond donors (Lipinski definition) is 1. The number of aromatic amines is 1. The molecule has 0 spiro atoms. The number of H-pyrrole nitrogens is 1. The van der Waals surface area contributed by atoms with Crippen molar-refractivity contribution in [1.82, 2.24) is 15.4 Å². The van der Waals surface area contributed by atoms with Gasteiger partial charge in [0, 0.05) is 5.56 Å². The lowest BCUT2D eigenvalue weighted by molar-refractivity contribution is 0.0587. The molecular weight excluding hydrogens is 250 g/mol. The van der Waals surface area contributed by atoms with Crippen LogP contribution in [0.5, 0.6) is 0 Å². The number of aromatic nitrogens is 3. The highest BCUT2D eigenvalue weighted by Gasteiger charge is 2.18. The van der Waals surface area contributed by atoms with Gasteiger partial charge in [0.1, 0.15) is 5.69 Å². The van der Waals surface area contributed by atoms with Crippen LogP contribution in [0.1, 0.15) is 20.7 Å². The third kappa shape index (κ3) is 2.44. The number of rotatable bonds is 3. The molecule has 0 atom stereocenters. The van der Waals surface area contributed by atoms with E-state index in [9.17, 15) is 9.59 Å². The molecule has 2 rings (SSSR count). The molecule has 0 amide bonds. The van der Waals surface area contributed by atoms with E-state index in [0.717, 1.165) is 0 Å². The van der Waals surface area contributed by atoms with Gasteiger partial charge in [-0.2, -0.15) is 15.4 Å². The first-order valence-corrected chi connectivity index (χ1v) is 5.34. The van der Waals surface area contributed by atoms with Gasteiger partial charge in [0.25, 0.3) is 0 Å². The second kappa shape index (κ2) is 5.30. The molecule has 0 fully saturated rings. The van der Waals surface area contributed by atoms with E-state index in [1.54, 1.807) is 0 Å². The molecule has 0 radical (unpaired) electrons. The molecule has 1 aromatic heterocycles. The summed E-state index contributed by atoms with van der Waals surface area (Å²) in [5, 5.41) is 10.0. The molecule has 0 aliphatic rings. The first kappa shape index (κ1) is 12.7. The molecule has 0 aliphatic carbocycles. The molecule has 1 heterocycles. The SMILES string of the molecule is COC(=O)c1ccc(C(=O)OC)c(-c2cn[nH]n2)c1. The van der Waals surface area contributed by atoms with Crippen LogP contribution in [0, 0.1) is 0 Å². The van der Waals surface area contributed by atoms with Crippen LogP contribution < -0.4 is 0 Å². The zero-order chi connectivity index (χ0) is 13.8. The second-order valence-electron chi connectivity index (χ2n) is 3.60. The minimum Gasteiger partial charge on any atom is -0.465 e. The van der Waals surface area contributed by atoms with Gasteiger partial charge in [-0.1, -0.05) is 0 Å². The summed E-state index contributed by atoms with van der Waals surface area (Å²) in [7, 11) is 2.56. The fourth-order valence-corrected chi connectivity index (χ4v) is 1.62. The minimum absolute atomic E-state index is 0.295.